The molecule has 0 aliphatic heterocycles. The molecule has 3 unspecified atom stereocenters. The van der Waals surface area contributed by atoms with E-state index in [0.717, 1.165) is 64.2 Å². The van der Waals surface area contributed by atoms with E-state index in [-0.39, 0.29) is 19.1 Å². The highest BCUT2D eigenvalue weighted by atomic mass is 31.2. The molecule has 0 spiro atoms. The normalized spacial score (nSPS) is 14.5. The second-order valence-corrected chi connectivity index (χ2v) is 20.3. The van der Waals surface area contributed by atoms with Crippen molar-refractivity contribution in [3.63, 3.8) is 0 Å². The fraction of sp³-hybridized carbons (Fsp3) is 0.830. The number of quaternary nitrogens is 1. The summed E-state index contributed by atoms with van der Waals surface area (Å²) in [4.78, 5) is 23.3. The standard InChI is InChI=1S/C53H101N2O6P/c1-6-8-10-12-14-16-18-20-22-24-25-26-27-28-29-31-33-35-37-39-41-43-45-47-53(57)54-51(50-61-62(58,59)60-49-48-55(3,4)5)52(56)46-44-42-40-38-36-34-32-30-23-21-19-17-15-13-11-9-7-2/h8,10,14,16,20,22,25-26,51-52,56H,6-7,9,11-13,15,17-19,21,23-24,27-50H2,1-5H3,(H-,54,57,58,59)/p+1/b10-8-,16-14-,22-20-,26-25-. The largest absolute Gasteiger partial charge is 0.472 e. The molecule has 8 nitrogen and oxygen atoms in total. The predicted octanol–water partition coefficient (Wildman–Crippen LogP) is 15.2. The summed E-state index contributed by atoms with van der Waals surface area (Å²) in [5, 5.41) is 14.0. The van der Waals surface area contributed by atoms with E-state index in [1.807, 2.05) is 21.1 Å². The van der Waals surface area contributed by atoms with Crippen molar-refractivity contribution in [2.75, 3.05) is 40.9 Å². The molecule has 0 aromatic heterocycles. The van der Waals surface area contributed by atoms with Gasteiger partial charge in [-0.25, -0.2) is 4.57 Å². The number of carbonyl (C=O) groups excluding carboxylic acids is 1. The summed E-state index contributed by atoms with van der Waals surface area (Å²) < 4.78 is 23.7. The molecule has 62 heavy (non-hydrogen) atoms. The third-order valence-corrected chi connectivity index (χ3v) is 12.6. The van der Waals surface area contributed by atoms with Gasteiger partial charge in [0.2, 0.25) is 5.91 Å². The van der Waals surface area contributed by atoms with E-state index in [9.17, 15) is 19.4 Å². The minimum absolute atomic E-state index is 0.0728. The Morgan fingerprint density at radius 1 is 0.565 bits per heavy atom. The predicted molar refractivity (Wildman–Crippen MR) is 267 cm³/mol. The van der Waals surface area contributed by atoms with Gasteiger partial charge in [0.1, 0.15) is 13.2 Å². The summed E-state index contributed by atoms with van der Waals surface area (Å²) in [7, 11) is 1.61. The van der Waals surface area contributed by atoms with E-state index in [1.165, 1.54) is 141 Å². The Morgan fingerprint density at radius 3 is 1.42 bits per heavy atom. The van der Waals surface area contributed by atoms with Gasteiger partial charge in [-0.15, -0.1) is 0 Å². The van der Waals surface area contributed by atoms with Gasteiger partial charge in [0, 0.05) is 6.42 Å². The molecule has 0 saturated heterocycles. The number of allylic oxidation sites excluding steroid dienone is 8. The monoisotopic (exact) mass is 894 g/mol. The first-order valence-electron chi connectivity index (χ1n) is 26.0. The molecule has 0 rings (SSSR count). The number of hydrogen-bond donors (Lipinski definition) is 3. The van der Waals surface area contributed by atoms with Gasteiger partial charge in [0.05, 0.1) is 39.9 Å². The maximum atomic E-state index is 13.0. The van der Waals surface area contributed by atoms with Crippen molar-refractivity contribution >= 4 is 13.7 Å². The summed E-state index contributed by atoms with van der Waals surface area (Å²) in [5.41, 5.74) is 0. The number of phosphoric ester groups is 1. The third-order valence-electron chi connectivity index (χ3n) is 11.6. The fourth-order valence-corrected chi connectivity index (χ4v) is 8.24. The average molecular weight is 894 g/mol. The van der Waals surface area contributed by atoms with Crippen LogP contribution in [0.25, 0.3) is 0 Å². The second kappa shape index (κ2) is 44.7. The molecule has 0 saturated carbocycles. The first-order valence-corrected chi connectivity index (χ1v) is 27.5. The summed E-state index contributed by atoms with van der Waals surface area (Å²) >= 11 is 0. The molecule has 3 atom stereocenters. The molecule has 0 aliphatic rings. The zero-order chi connectivity index (χ0) is 45.7. The van der Waals surface area contributed by atoms with E-state index in [0.29, 0.717) is 23.9 Å². The number of rotatable bonds is 47. The van der Waals surface area contributed by atoms with Crippen LogP contribution in [0.1, 0.15) is 232 Å². The number of aliphatic hydroxyl groups is 1. The topological polar surface area (TPSA) is 105 Å². The van der Waals surface area contributed by atoms with Crippen molar-refractivity contribution in [2.45, 2.75) is 244 Å². The average Bonchev–Trinajstić information content (AvgIpc) is 3.23. The molecule has 0 fully saturated rings. The quantitative estimate of drug-likeness (QED) is 0.0243. The smallest absolute Gasteiger partial charge is 0.391 e. The van der Waals surface area contributed by atoms with E-state index in [2.05, 4.69) is 67.8 Å². The van der Waals surface area contributed by atoms with Crippen LogP contribution in [0.15, 0.2) is 48.6 Å². The molecule has 0 heterocycles. The van der Waals surface area contributed by atoms with Crippen molar-refractivity contribution in [1.82, 2.24) is 5.32 Å². The van der Waals surface area contributed by atoms with Crippen LogP contribution < -0.4 is 5.32 Å². The van der Waals surface area contributed by atoms with Crippen LogP contribution in [0.5, 0.6) is 0 Å². The Bertz CT molecular complexity index is 1150. The van der Waals surface area contributed by atoms with Crippen LogP contribution in [0.2, 0.25) is 0 Å². The van der Waals surface area contributed by atoms with Gasteiger partial charge in [0.15, 0.2) is 0 Å². The van der Waals surface area contributed by atoms with Crippen LogP contribution in [-0.4, -0.2) is 73.4 Å². The number of amides is 1. The zero-order valence-corrected chi connectivity index (χ0v) is 42.3. The van der Waals surface area contributed by atoms with Crippen molar-refractivity contribution < 1.29 is 32.9 Å². The third kappa shape index (κ3) is 46.5. The van der Waals surface area contributed by atoms with Gasteiger partial charge < -0.3 is 19.8 Å². The number of aliphatic hydroxyl groups excluding tert-OH is 1. The zero-order valence-electron chi connectivity index (χ0n) is 41.4. The molecule has 0 aliphatic carbocycles. The van der Waals surface area contributed by atoms with Gasteiger partial charge in [-0.2, -0.15) is 0 Å². The Morgan fingerprint density at radius 2 is 0.968 bits per heavy atom. The first kappa shape index (κ1) is 60.5. The molecule has 3 N–H and O–H groups in total. The summed E-state index contributed by atoms with van der Waals surface area (Å²) in [6.07, 6.45) is 57.1. The van der Waals surface area contributed by atoms with E-state index in [4.69, 9.17) is 9.05 Å². The number of nitrogens with zero attached hydrogens (tertiary/aromatic N) is 1. The second-order valence-electron chi connectivity index (χ2n) is 18.9. The Kier molecular flexibility index (Phi) is 43.5. The molecule has 1 amide bonds. The Balaban J connectivity index is 4.24. The summed E-state index contributed by atoms with van der Waals surface area (Å²) in [6, 6.07) is -0.764. The van der Waals surface area contributed by atoms with E-state index >= 15 is 0 Å². The van der Waals surface area contributed by atoms with Crippen LogP contribution in [0.3, 0.4) is 0 Å². The number of nitrogens with one attached hydrogen (secondary N) is 1. The fourth-order valence-electron chi connectivity index (χ4n) is 7.51. The highest BCUT2D eigenvalue weighted by Gasteiger charge is 2.28. The van der Waals surface area contributed by atoms with Gasteiger partial charge in [-0.3, -0.25) is 13.8 Å². The molecule has 0 aromatic carbocycles. The van der Waals surface area contributed by atoms with Crippen molar-refractivity contribution in [3.8, 4) is 0 Å². The lowest BCUT2D eigenvalue weighted by Crippen LogP contribution is -2.46. The molecular formula is C53H102N2O6P+. The maximum Gasteiger partial charge on any atom is 0.472 e. The molecule has 0 radical (unpaired) electrons. The number of unbranched alkanes of at least 4 members (excludes halogenated alkanes) is 26. The number of carbonyl (C=O) groups is 1. The molecular weight excluding hydrogens is 792 g/mol. The van der Waals surface area contributed by atoms with E-state index in [1.54, 1.807) is 0 Å². The lowest BCUT2D eigenvalue weighted by molar-refractivity contribution is -0.870. The number of phosphoric acid groups is 1. The minimum atomic E-state index is -4.32. The van der Waals surface area contributed by atoms with E-state index < -0.39 is 20.0 Å². The highest BCUT2D eigenvalue weighted by molar-refractivity contribution is 7.47. The van der Waals surface area contributed by atoms with Crippen molar-refractivity contribution in [3.05, 3.63) is 48.6 Å². The van der Waals surface area contributed by atoms with Gasteiger partial charge in [-0.1, -0.05) is 223 Å². The van der Waals surface area contributed by atoms with Crippen molar-refractivity contribution in [2.24, 2.45) is 0 Å². The number of hydrogen-bond acceptors (Lipinski definition) is 5. The summed E-state index contributed by atoms with van der Waals surface area (Å²) in [5.74, 6) is -0.149. The minimum Gasteiger partial charge on any atom is -0.391 e. The van der Waals surface area contributed by atoms with Crippen LogP contribution in [0.4, 0.5) is 0 Å². The molecule has 0 aromatic rings. The maximum absolute atomic E-state index is 13.0. The molecule has 0 bridgehead atoms. The van der Waals surface area contributed by atoms with Gasteiger partial charge >= 0.3 is 7.82 Å². The molecule has 9 heteroatoms. The SMILES string of the molecule is CC/C=C\C/C=C\C/C=C\C/C=C\CCCCCCCCCCCCC(=O)NC(COP(=O)(O)OCC[N+](C)(C)C)C(O)CCCCCCCCCCCCCCCCCCC. The lowest BCUT2D eigenvalue weighted by atomic mass is 10.0. The summed E-state index contributed by atoms with van der Waals surface area (Å²) in [6.45, 7) is 4.79. The number of likely N-dealkylation sites (N-methyl/N-ethyl adjacent to an activating group) is 1. The van der Waals surface area contributed by atoms with Crippen LogP contribution in [0, 0.1) is 0 Å². The Labute approximate surface area is 384 Å². The highest BCUT2D eigenvalue weighted by Crippen LogP contribution is 2.43. The first-order chi connectivity index (χ1) is 30.0. The van der Waals surface area contributed by atoms with Gasteiger partial charge in [-0.05, 0) is 51.4 Å². The van der Waals surface area contributed by atoms with Gasteiger partial charge in [0.25, 0.3) is 0 Å². The molecule has 364 valence electrons. The lowest BCUT2D eigenvalue weighted by Gasteiger charge is -2.26. The Hall–Kier alpha value is -1.54. The van der Waals surface area contributed by atoms with Crippen molar-refractivity contribution in [1.29, 1.82) is 0 Å². The van der Waals surface area contributed by atoms with Crippen LogP contribution >= 0.6 is 7.82 Å². The van der Waals surface area contributed by atoms with Crippen LogP contribution in [-0.2, 0) is 18.4 Å².